The van der Waals surface area contributed by atoms with E-state index in [1.165, 1.54) is 19.5 Å². The van der Waals surface area contributed by atoms with Crippen molar-refractivity contribution in [2.75, 3.05) is 0 Å². The SMILES string of the molecule is O=C1C(=Nc2cc3c(cc(-c4cc5[nH]c6c7ccccc7sc6c5s4)c4nsnc43)c3nsnc23)C(=O)C2CC(F)C(F)CC12. The Labute approximate surface area is 267 Å². The Morgan fingerprint density at radius 3 is 2.20 bits per heavy atom. The number of aromatic nitrogens is 5. The number of ketones is 2. The van der Waals surface area contributed by atoms with Gasteiger partial charge in [0.25, 0.3) is 0 Å². The van der Waals surface area contributed by atoms with Gasteiger partial charge in [0.1, 0.15) is 34.4 Å². The second kappa shape index (κ2) is 9.22. The molecule has 0 spiro atoms. The van der Waals surface area contributed by atoms with E-state index in [1.807, 2.05) is 0 Å². The molecule has 5 aromatic heterocycles. The van der Waals surface area contributed by atoms with Crippen LogP contribution in [-0.2, 0) is 9.59 Å². The van der Waals surface area contributed by atoms with Crippen LogP contribution >= 0.6 is 46.1 Å². The minimum atomic E-state index is -1.76. The summed E-state index contributed by atoms with van der Waals surface area (Å²) in [4.78, 5) is 35.6. The number of carbonyl (C=O) groups excluding carboxylic acids is 2. The second-order valence-corrected chi connectivity index (χ2v) is 14.7. The predicted molar refractivity (Wildman–Crippen MR) is 177 cm³/mol. The van der Waals surface area contributed by atoms with Gasteiger partial charge in [-0.25, -0.2) is 13.8 Å². The fourth-order valence-electron chi connectivity index (χ4n) is 6.95. The summed E-state index contributed by atoms with van der Waals surface area (Å²) < 4.78 is 50.3. The molecule has 45 heavy (non-hydrogen) atoms. The van der Waals surface area contributed by atoms with Crippen LogP contribution in [-0.4, -0.2) is 52.1 Å². The van der Waals surface area contributed by atoms with Gasteiger partial charge in [-0.2, -0.15) is 17.5 Å². The highest BCUT2D eigenvalue weighted by atomic mass is 32.1. The molecule has 2 saturated carbocycles. The number of benzene rings is 3. The van der Waals surface area contributed by atoms with E-state index in [0.29, 0.717) is 22.2 Å². The average Bonchev–Trinajstić information content (AvgIpc) is 3.88. The quantitative estimate of drug-likeness (QED) is 0.198. The highest BCUT2D eigenvalue weighted by Crippen LogP contribution is 2.47. The number of hydrogen-bond donors (Lipinski definition) is 1. The largest absolute Gasteiger partial charge is 0.353 e. The first-order chi connectivity index (χ1) is 21.9. The Balaban J connectivity index is 1.15. The number of Topliss-reactive ketones (excluding diaryl/α,β-unsaturated/α-hetero) is 2. The molecule has 14 heteroatoms. The lowest BCUT2D eigenvalue weighted by Crippen LogP contribution is -2.35. The number of hydrogen-bond acceptors (Lipinski definition) is 11. The Morgan fingerprint density at radius 2 is 1.42 bits per heavy atom. The molecule has 0 saturated heterocycles. The molecule has 3 aromatic carbocycles. The summed E-state index contributed by atoms with van der Waals surface area (Å²) in [5.74, 6) is -2.84. The van der Waals surface area contributed by atoms with Crippen molar-refractivity contribution >= 4 is 132 Å². The first-order valence-electron chi connectivity index (χ1n) is 14.2. The molecular formula is C31H16F2N6O2S4. The van der Waals surface area contributed by atoms with Crippen LogP contribution in [0.2, 0.25) is 0 Å². The molecule has 8 aromatic rings. The summed E-state index contributed by atoms with van der Waals surface area (Å²) in [5, 5.41) is 2.74. The fraction of sp³-hybridized carbons (Fsp3) is 0.194. The van der Waals surface area contributed by atoms with Crippen LogP contribution in [0.5, 0.6) is 0 Å². The molecule has 10 rings (SSSR count). The Hall–Kier alpha value is -4.11. The maximum absolute atomic E-state index is 14.1. The third kappa shape index (κ3) is 3.56. The minimum Gasteiger partial charge on any atom is -0.353 e. The van der Waals surface area contributed by atoms with Gasteiger partial charge in [0, 0.05) is 43.1 Å². The van der Waals surface area contributed by atoms with Crippen molar-refractivity contribution in [3.63, 3.8) is 0 Å². The van der Waals surface area contributed by atoms with E-state index in [9.17, 15) is 18.4 Å². The van der Waals surface area contributed by atoms with Gasteiger partial charge in [-0.3, -0.25) is 9.59 Å². The smallest absolute Gasteiger partial charge is 0.188 e. The van der Waals surface area contributed by atoms with E-state index in [-0.39, 0.29) is 18.6 Å². The standard InChI is InChI=1S/C31H16F2N6O2S4/c32-16-6-13-14(7-17(16)33)29(41)27(28(13)40)34-18-8-12-11(23-26(18)39-45-37-23)5-15(24-22(12)36-44-38-24)21-9-19-30(43-21)31-25(35-19)10-3-1-2-4-20(10)42-31/h1-5,8-9,13-14,16-17,35H,6-7H2. The Kier molecular flexibility index (Phi) is 5.36. The number of nitrogens with one attached hydrogen (secondary N) is 1. The number of halogens is 2. The van der Waals surface area contributed by atoms with Crippen molar-refractivity contribution in [1.29, 1.82) is 0 Å². The normalized spacial score (nSPS) is 22.3. The molecular weight excluding hydrogens is 655 g/mol. The van der Waals surface area contributed by atoms with Crippen LogP contribution in [0, 0.1) is 11.8 Å². The molecule has 5 heterocycles. The van der Waals surface area contributed by atoms with Gasteiger partial charge in [0.05, 0.1) is 49.6 Å². The molecule has 2 aliphatic rings. The second-order valence-electron chi connectivity index (χ2n) is 11.5. The molecule has 1 N–H and O–H groups in total. The van der Waals surface area contributed by atoms with E-state index in [2.05, 4.69) is 63.9 Å². The molecule has 0 bridgehead atoms. The summed E-state index contributed by atoms with van der Waals surface area (Å²) in [5.41, 5.74) is 5.58. The summed E-state index contributed by atoms with van der Waals surface area (Å²) in [7, 11) is 0. The van der Waals surface area contributed by atoms with Crippen LogP contribution in [0.4, 0.5) is 14.5 Å². The lowest BCUT2D eigenvalue weighted by Gasteiger charge is -2.27. The number of fused-ring (bicyclic) bond motifs is 11. The molecule has 4 unspecified atom stereocenters. The highest BCUT2D eigenvalue weighted by molar-refractivity contribution is 7.32. The van der Waals surface area contributed by atoms with Crippen LogP contribution in [0.25, 0.3) is 73.8 Å². The van der Waals surface area contributed by atoms with Gasteiger partial charge < -0.3 is 4.98 Å². The van der Waals surface area contributed by atoms with Crippen molar-refractivity contribution in [1.82, 2.24) is 22.5 Å². The summed E-state index contributed by atoms with van der Waals surface area (Å²) in [6, 6.07) is 14.3. The number of alkyl halides is 2. The number of aliphatic imine (C=N–C) groups is 1. The van der Waals surface area contributed by atoms with Crippen molar-refractivity contribution in [3.8, 4) is 10.4 Å². The number of aromatic amines is 1. The topological polar surface area (TPSA) is 114 Å². The first kappa shape index (κ1) is 26.1. The summed E-state index contributed by atoms with van der Waals surface area (Å²) in [6.07, 6.45) is -4.13. The van der Waals surface area contributed by atoms with E-state index >= 15 is 0 Å². The van der Waals surface area contributed by atoms with Crippen molar-refractivity contribution in [2.24, 2.45) is 16.8 Å². The predicted octanol–water partition coefficient (Wildman–Crippen LogP) is 8.35. The molecule has 4 atom stereocenters. The highest BCUT2D eigenvalue weighted by Gasteiger charge is 2.52. The van der Waals surface area contributed by atoms with E-state index in [4.69, 9.17) is 0 Å². The number of carbonyl (C=O) groups is 2. The Bertz CT molecular complexity index is 2600. The molecule has 0 aliphatic heterocycles. The molecule has 2 aliphatic carbocycles. The fourth-order valence-corrected chi connectivity index (χ4v) is 10.5. The monoisotopic (exact) mass is 670 g/mol. The van der Waals surface area contributed by atoms with E-state index < -0.39 is 35.7 Å². The van der Waals surface area contributed by atoms with Crippen molar-refractivity contribution in [3.05, 3.63) is 42.5 Å². The molecule has 2 fully saturated rings. The number of H-pyrrole nitrogens is 1. The van der Waals surface area contributed by atoms with Crippen LogP contribution in [0.15, 0.2) is 47.5 Å². The third-order valence-electron chi connectivity index (χ3n) is 9.11. The number of thiophene rings is 2. The van der Waals surface area contributed by atoms with Crippen molar-refractivity contribution < 1.29 is 18.4 Å². The maximum atomic E-state index is 14.1. The zero-order valence-corrected chi connectivity index (χ0v) is 26.0. The van der Waals surface area contributed by atoms with E-state index in [0.717, 1.165) is 61.2 Å². The van der Waals surface area contributed by atoms with Gasteiger partial charge in [0.2, 0.25) is 0 Å². The zero-order valence-electron chi connectivity index (χ0n) is 22.7. The number of rotatable bonds is 2. The lowest BCUT2D eigenvalue weighted by atomic mass is 9.79. The minimum absolute atomic E-state index is 0.273. The van der Waals surface area contributed by atoms with Crippen LogP contribution < -0.4 is 0 Å². The van der Waals surface area contributed by atoms with Gasteiger partial charge in [-0.05, 0) is 37.1 Å². The molecule has 220 valence electrons. The maximum Gasteiger partial charge on any atom is 0.188 e. The van der Waals surface area contributed by atoms with Gasteiger partial charge in [0.15, 0.2) is 17.3 Å². The van der Waals surface area contributed by atoms with Gasteiger partial charge in [-0.1, -0.05) is 18.2 Å². The molecule has 0 amide bonds. The van der Waals surface area contributed by atoms with E-state index in [1.54, 1.807) is 28.7 Å². The molecule has 0 radical (unpaired) electrons. The van der Waals surface area contributed by atoms with Crippen molar-refractivity contribution in [2.45, 2.75) is 25.2 Å². The number of nitrogens with zero attached hydrogens (tertiary/aromatic N) is 5. The van der Waals surface area contributed by atoms with Crippen LogP contribution in [0.3, 0.4) is 0 Å². The van der Waals surface area contributed by atoms with Gasteiger partial charge >= 0.3 is 0 Å². The zero-order chi connectivity index (χ0) is 30.1. The van der Waals surface area contributed by atoms with Crippen LogP contribution in [0.1, 0.15) is 12.8 Å². The summed E-state index contributed by atoms with van der Waals surface area (Å²) in [6.45, 7) is 0. The average molecular weight is 671 g/mol. The summed E-state index contributed by atoms with van der Waals surface area (Å²) >= 11 is 5.59. The first-order valence-corrected chi connectivity index (χ1v) is 17.3. The molecule has 8 nitrogen and oxygen atoms in total. The van der Waals surface area contributed by atoms with Gasteiger partial charge in [-0.15, -0.1) is 22.7 Å². The Morgan fingerprint density at radius 1 is 0.756 bits per heavy atom. The third-order valence-corrected chi connectivity index (χ3v) is 12.7. The lowest BCUT2D eigenvalue weighted by molar-refractivity contribution is -0.123.